The third-order valence-corrected chi connectivity index (χ3v) is 20.5. The summed E-state index contributed by atoms with van der Waals surface area (Å²) in [5.74, 6) is -3.10. The number of esters is 1. The van der Waals surface area contributed by atoms with Gasteiger partial charge in [-0.3, -0.25) is 4.79 Å². The summed E-state index contributed by atoms with van der Waals surface area (Å²) in [7, 11) is 2.94. The highest BCUT2D eigenvalue weighted by atomic mass is 127. The van der Waals surface area contributed by atoms with E-state index in [0.717, 1.165) is 5.56 Å². The van der Waals surface area contributed by atoms with Crippen molar-refractivity contribution in [2.75, 3.05) is 60.4 Å². The minimum absolute atomic E-state index is 0.0206. The fraction of sp³-hybridized carbons (Fsp3) is 0.729. The molecule has 0 aliphatic carbocycles. The molecule has 0 saturated carbocycles. The molecular formula is C59H92FIN6O16S. The van der Waals surface area contributed by atoms with E-state index in [4.69, 9.17) is 37.9 Å². The molecule has 3 fully saturated rings. The number of sulfone groups is 1. The molecular weight excluding hydrogens is 1230 g/mol. The lowest BCUT2D eigenvalue weighted by molar-refractivity contribution is -0.308. The number of carbonyl (C=O) groups is 2. The van der Waals surface area contributed by atoms with Crippen LogP contribution in [0.1, 0.15) is 117 Å². The molecule has 474 valence electrons. The smallest absolute Gasteiger partial charge is 0.407 e. The SMILES string of the molecule is CO[C@H](c1ccc(S(=O)(=O)CCNC(=O)OCc2ccccc2)cc1)[C@@H](CF)n1cc(CCN(C)[C@@H]2C[C@H](O[C@@H]3[C@@H](C)[C@H](O[C@H]4C[C@@](C)(OC)[C@@H](O)[C@H](C)O4)[C@@H](C)C(=O)O[C@H](I)[C@@](C)(O)[C@H](O)[C@@H](C)N(C)C[C@H](C)C[C@@]3(C)O)O[C@H](C)C2)nn1. The first-order valence-electron chi connectivity index (χ1n) is 28.9. The second-order valence-electron chi connectivity index (χ2n) is 24.2. The van der Waals surface area contributed by atoms with Gasteiger partial charge in [-0.1, -0.05) is 61.5 Å². The van der Waals surface area contributed by atoms with Crippen LogP contribution < -0.4 is 5.32 Å². The minimum atomic E-state index is -3.81. The molecule has 22 nitrogen and oxygen atoms in total. The van der Waals surface area contributed by atoms with E-state index in [9.17, 15) is 38.4 Å². The Labute approximate surface area is 508 Å². The quantitative estimate of drug-likeness (QED) is 0.0514. The van der Waals surface area contributed by atoms with E-state index in [1.165, 1.54) is 38.0 Å². The van der Waals surface area contributed by atoms with Gasteiger partial charge in [0.05, 0.1) is 57.9 Å². The first-order valence-corrected chi connectivity index (χ1v) is 31.8. The normalized spacial score (nSPS) is 35.1. The van der Waals surface area contributed by atoms with Crippen LogP contribution in [0.4, 0.5) is 9.18 Å². The number of aromatic nitrogens is 3. The second kappa shape index (κ2) is 30.1. The zero-order valence-corrected chi connectivity index (χ0v) is 53.9. The summed E-state index contributed by atoms with van der Waals surface area (Å²) in [5.41, 5.74) is -2.61. The number of likely N-dealkylation sites (N-methyl/N-ethyl adjacent to an activating group) is 2. The number of nitrogens with one attached hydrogen (secondary N) is 1. The Morgan fingerprint density at radius 2 is 1.63 bits per heavy atom. The number of hydrogen-bond acceptors (Lipinski definition) is 20. The molecule has 0 spiro atoms. The summed E-state index contributed by atoms with van der Waals surface area (Å²) in [6.07, 6.45) is -5.37. The molecule has 0 radical (unpaired) electrons. The van der Waals surface area contributed by atoms with Gasteiger partial charge in [-0.05, 0) is 127 Å². The number of nitrogens with zero attached hydrogens (tertiary/aromatic N) is 5. The van der Waals surface area contributed by atoms with Crippen LogP contribution in [0.3, 0.4) is 0 Å². The highest BCUT2D eigenvalue weighted by Crippen LogP contribution is 2.41. The first-order chi connectivity index (χ1) is 39.4. The first kappa shape index (κ1) is 69.5. The number of aliphatic hydroxyl groups is 4. The molecule has 0 bridgehead atoms. The van der Waals surface area contributed by atoms with Crippen LogP contribution in [0.25, 0.3) is 0 Å². The van der Waals surface area contributed by atoms with Crippen LogP contribution in [0.5, 0.6) is 0 Å². The molecule has 19 atom stereocenters. The largest absolute Gasteiger partial charge is 0.448 e. The number of amides is 1. The molecule has 3 aliphatic heterocycles. The Hall–Kier alpha value is -3.55. The molecule has 3 aromatic rings. The summed E-state index contributed by atoms with van der Waals surface area (Å²) < 4.78 is 91.1. The van der Waals surface area contributed by atoms with Gasteiger partial charge in [0.1, 0.15) is 43.2 Å². The van der Waals surface area contributed by atoms with Crippen LogP contribution in [0.2, 0.25) is 0 Å². The van der Waals surface area contributed by atoms with Crippen molar-refractivity contribution in [2.45, 2.75) is 200 Å². The maximum Gasteiger partial charge on any atom is 0.407 e. The number of cyclic esters (lactones) is 1. The van der Waals surface area contributed by atoms with Crippen molar-refractivity contribution in [2.24, 2.45) is 17.8 Å². The number of hydrogen-bond donors (Lipinski definition) is 5. The molecule has 4 heterocycles. The summed E-state index contributed by atoms with van der Waals surface area (Å²) in [4.78, 5) is 30.7. The van der Waals surface area contributed by atoms with Crippen LogP contribution in [-0.4, -0.2) is 208 Å². The minimum Gasteiger partial charge on any atom is -0.448 e. The van der Waals surface area contributed by atoms with Crippen molar-refractivity contribution in [3.8, 4) is 0 Å². The van der Waals surface area contributed by atoms with Gasteiger partial charge in [0.15, 0.2) is 26.5 Å². The van der Waals surface area contributed by atoms with E-state index in [1.807, 2.05) is 80.6 Å². The summed E-state index contributed by atoms with van der Waals surface area (Å²) >= 11 is 1.83. The van der Waals surface area contributed by atoms with Crippen LogP contribution >= 0.6 is 22.6 Å². The van der Waals surface area contributed by atoms with Crippen molar-refractivity contribution < 1.29 is 80.7 Å². The fourth-order valence-electron chi connectivity index (χ4n) is 11.9. The second-order valence-corrected chi connectivity index (χ2v) is 27.4. The molecule has 6 rings (SSSR count). The molecule has 25 heteroatoms. The Balaban J connectivity index is 1.15. The number of methoxy groups -OCH3 is 2. The zero-order chi connectivity index (χ0) is 62.1. The van der Waals surface area contributed by atoms with E-state index < -0.39 is 123 Å². The molecule has 2 aromatic carbocycles. The van der Waals surface area contributed by atoms with E-state index in [2.05, 4.69) is 20.5 Å². The van der Waals surface area contributed by atoms with Gasteiger partial charge >= 0.3 is 12.1 Å². The Morgan fingerprint density at radius 1 is 0.952 bits per heavy atom. The number of alkyl carbamates (subject to hydrolysis) is 1. The maximum absolute atomic E-state index is 15.0. The Morgan fingerprint density at radius 3 is 2.27 bits per heavy atom. The average Bonchev–Trinajstić information content (AvgIpc) is 3.45. The maximum atomic E-state index is 15.0. The van der Waals surface area contributed by atoms with Crippen molar-refractivity contribution in [1.82, 2.24) is 30.1 Å². The summed E-state index contributed by atoms with van der Waals surface area (Å²) in [5, 5.41) is 58.4. The van der Waals surface area contributed by atoms with E-state index in [1.54, 1.807) is 65.1 Å². The highest BCUT2D eigenvalue weighted by Gasteiger charge is 2.52. The zero-order valence-electron chi connectivity index (χ0n) is 50.9. The van der Waals surface area contributed by atoms with Crippen LogP contribution in [-0.2, 0) is 65.6 Å². The van der Waals surface area contributed by atoms with Crippen molar-refractivity contribution in [3.05, 3.63) is 77.6 Å². The lowest BCUT2D eigenvalue weighted by Crippen LogP contribution is -2.59. The molecule has 1 aromatic heterocycles. The lowest BCUT2D eigenvalue weighted by Gasteiger charge is -2.48. The molecule has 5 N–H and O–H groups in total. The topological polar surface area (TPSA) is 272 Å². The predicted octanol–water partition coefficient (Wildman–Crippen LogP) is 5.72. The third kappa shape index (κ3) is 17.6. The molecule has 3 saturated heterocycles. The molecule has 0 unspecified atom stereocenters. The number of aliphatic hydroxyl groups excluding tert-OH is 2. The van der Waals surface area contributed by atoms with Gasteiger partial charge in [0, 0.05) is 77.3 Å². The number of rotatable bonds is 20. The number of ether oxygens (including phenoxy) is 8. The Kier molecular flexibility index (Phi) is 24.9. The van der Waals surface area contributed by atoms with Gasteiger partial charge in [0.25, 0.3) is 0 Å². The van der Waals surface area contributed by atoms with Gasteiger partial charge in [-0.2, -0.15) is 0 Å². The number of benzene rings is 2. The van der Waals surface area contributed by atoms with E-state index in [-0.39, 0.29) is 54.7 Å². The van der Waals surface area contributed by atoms with Crippen LogP contribution in [0.15, 0.2) is 65.7 Å². The molecule has 84 heavy (non-hydrogen) atoms. The highest BCUT2D eigenvalue weighted by molar-refractivity contribution is 14.1. The fourth-order valence-corrected chi connectivity index (χ4v) is 13.7. The van der Waals surface area contributed by atoms with Gasteiger partial charge in [-0.15, -0.1) is 5.10 Å². The van der Waals surface area contributed by atoms with Crippen molar-refractivity contribution in [3.63, 3.8) is 0 Å². The van der Waals surface area contributed by atoms with Gasteiger partial charge < -0.3 is 73.4 Å². The van der Waals surface area contributed by atoms with Crippen LogP contribution in [0, 0.1) is 17.8 Å². The molecule has 1 amide bonds. The summed E-state index contributed by atoms with van der Waals surface area (Å²) in [6.45, 7) is 15.8. The van der Waals surface area contributed by atoms with Crippen molar-refractivity contribution >= 4 is 44.5 Å². The predicted molar refractivity (Wildman–Crippen MR) is 317 cm³/mol. The average molecular weight is 1320 g/mol. The third-order valence-electron chi connectivity index (χ3n) is 17.2. The van der Waals surface area contributed by atoms with Gasteiger partial charge in [0.2, 0.25) is 0 Å². The standard InChI is InChI=1S/C59H92FIN6O16S/c1-35-29-57(7,72)53(37(3)49(81-48-30-58(8,77-13)52(69)40(6)80-48)38(4)54(70)83-55(61)59(9,73)51(68)39(5)66(11)32-35)82-47-28-44(27-36(2)79-47)65(10)25-23-43-33-67(64-63-43)46(31-60)50(76-12)42-19-21-45(22-20-42)84(74,75)26-24-62-56(71)78-34-41-17-15-14-16-18-41/h14-22,33,35-40,44,46-53,55,68-69,72-73H,23-32,34H2,1-13H3,(H,62,71)/t35-,36-,37+,38-,39-,40+,44+,46-,47+,48+,49+,50-,51-,52+,53-,55+,57-,58-,59+/m1/s1. The summed E-state index contributed by atoms with van der Waals surface area (Å²) in [6, 6.07) is 13.5. The monoisotopic (exact) mass is 1320 g/mol. The van der Waals surface area contributed by atoms with E-state index >= 15 is 4.39 Å². The van der Waals surface area contributed by atoms with Crippen molar-refractivity contribution in [1.29, 1.82) is 0 Å². The van der Waals surface area contributed by atoms with E-state index in [0.29, 0.717) is 43.6 Å². The Bertz CT molecular complexity index is 2660. The number of carbonyl (C=O) groups excluding carboxylic acids is 2. The number of halogens is 2. The number of alkyl halides is 2. The van der Waals surface area contributed by atoms with Gasteiger partial charge in [-0.25, -0.2) is 22.3 Å². The lowest BCUT2D eigenvalue weighted by atomic mass is 9.77. The molecule has 3 aliphatic rings.